The molecule has 0 spiro atoms. The minimum absolute atomic E-state index is 0.0519. The first-order chi connectivity index (χ1) is 10.0. The molecule has 5 heteroatoms. The highest BCUT2D eigenvalue weighted by Crippen LogP contribution is 2.26. The summed E-state index contributed by atoms with van der Waals surface area (Å²) in [6, 6.07) is 9.00. The summed E-state index contributed by atoms with van der Waals surface area (Å²) in [6.07, 6.45) is 0. The van der Waals surface area contributed by atoms with E-state index in [4.69, 9.17) is 5.26 Å². The Kier molecular flexibility index (Phi) is 5.27. The van der Waals surface area contributed by atoms with Gasteiger partial charge in [0.25, 0.3) is 0 Å². The highest BCUT2D eigenvalue weighted by atomic mass is 32.2. The number of amides is 1. The zero-order valence-electron chi connectivity index (χ0n) is 12.7. The van der Waals surface area contributed by atoms with E-state index in [-0.39, 0.29) is 11.9 Å². The number of anilines is 1. The largest absolute Gasteiger partial charge is 0.324 e. The molecule has 0 bridgehead atoms. The third-order valence-electron chi connectivity index (χ3n) is 3.68. The Morgan fingerprint density at radius 2 is 2.00 bits per heavy atom. The van der Waals surface area contributed by atoms with Crippen molar-refractivity contribution in [3.8, 4) is 6.07 Å². The smallest absolute Gasteiger partial charge is 0.241 e. The molecule has 0 radical (unpaired) electrons. The van der Waals surface area contributed by atoms with Crippen LogP contribution in [0.15, 0.2) is 24.3 Å². The molecule has 1 heterocycles. The number of hydrogen-bond donors (Lipinski definition) is 1. The molecule has 1 aliphatic rings. The van der Waals surface area contributed by atoms with Crippen molar-refractivity contribution in [3.05, 3.63) is 29.8 Å². The summed E-state index contributed by atoms with van der Waals surface area (Å²) in [6.45, 7) is 8.17. The van der Waals surface area contributed by atoms with Crippen LogP contribution >= 0.6 is 11.8 Å². The van der Waals surface area contributed by atoms with Gasteiger partial charge in [0, 0.05) is 23.6 Å². The summed E-state index contributed by atoms with van der Waals surface area (Å²) in [5, 5.41) is 13.0. The number of nitrogens with zero attached hydrogens (tertiary/aromatic N) is 2. The summed E-state index contributed by atoms with van der Waals surface area (Å²) in [5.74, 6) is -0.0519. The number of nitriles is 1. The van der Waals surface area contributed by atoms with Crippen molar-refractivity contribution in [1.82, 2.24) is 4.90 Å². The molecular weight excluding hydrogens is 282 g/mol. The molecule has 1 aromatic rings. The van der Waals surface area contributed by atoms with E-state index in [0.717, 1.165) is 13.1 Å². The van der Waals surface area contributed by atoms with Crippen molar-refractivity contribution in [2.45, 2.75) is 37.3 Å². The van der Waals surface area contributed by atoms with Crippen molar-refractivity contribution < 1.29 is 4.79 Å². The van der Waals surface area contributed by atoms with Crippen LogP contribution in [-0.4, -0.2) is 40.4 Å². The molecule has 4 nitrogen and oxygen atoms in total. The van der Waals surface area contributed by atoms with E-state index in [1.807, 2.05) is 24.8 Å². The monoisotopic (exact) mass is 303 g/mol. The van der Waals surface area contributed by atoms with Crippen LogP contribution in [0, 0.1) is 11.3 Å². The van der Waals surface area contributed by atoms with E-state index < -0.39 is 0 Å². The number of nitrogens with one attached hydrogen (secondary N) is 1. The van der Waals surface area contributed by atoms with Crippen LogP contribution in [0.5, 0.6) is 0 Å². The zero-order chi connectivity index (χ0) is 15.4. The second kappa shape index (κ2) is 6.97. The lowest BCUT2D eigenvalue weighted by Crippen LogP contribution is -2.49. The Morgan fingerprint density at radius 1 is 1.38 bits per heavy atom. The summed E-state index contributed by atoms with van der Waals surface area (Å²) in [4.78, 5) is 14.6. The quantitative estimate of drug-likeness (QED) is 0.933. The minimum Gasteiger partial charge on any atom is -0.324 e. The van der Waals surface area contributed by atoms with Crippen molar-refractivity contribution in [2.75, 3.05) is 18.4 Å². The average Bonchev–Trinajstić information content (AvgIpc) is 2.46. The normalized spacial score (nSPS) is 24.1. The van der Waals surface area contributed by atoms with Gasteiger partial charge >= 0.3 is 0 Å². The van der Waals surface area contributed by atoms with Gasteiger partial charge in [0.05, 0.1) is 17.3 Å². The van der Waals surface area contributed by atoms with Crippen LogP contribution in [0.3, 0.4) is 0 Å². The molecular formula is C16H21N3OS. The maximum atomic E-state index is 12.4. The van der Waals surface area contributed by atoms with Crippen LogP contribution < -0.4 is 5.32 Å². The van der Waals surface area contributed by atoms with Gasteiger partial charge in [-0.2, -0.15) is 17.0 Å². The van der Waals surface area contributed by atoms with Gasteiger partial charge in [-0.3, -0.25) is 9.69 Å². The lowest BCUT2D eigenvalue weighted by atomic mass is 10.1. The van der Waals surface area contributed by atoms with Crippen LogP contribution in [0.2, 0.25) is 0 Å². The molecule has 0 saturated carbocycles. The molecule has 21 heavy (non-hydrogen) atoms. The Balaban J connectivity index is 2.04. The zero-order valence-corrected chi connectivity index (χ0v) is 13.5. The second-order valence-corrected chi connectivity index (χ2v) is 7.42. The van der Waals surface area contributed by atoms with E-state index in [1.54, 1.807) is 18.2 Å². The third kappa shape index (κ3) is 3.99. The maximum Gasteiger partial charge on any atom is 0.241 e. The molecule has 3 atom stereocenters. The number of hydrogen-bond acceptors (Lipinski definition) is 4. The fourth-order valence-electron chi connectivity index (χ4n) is 2.63. The Hall–Kier alpha value is -1.51. The molecule has 0 aliphatic carbocycles. The maximum absolute atomic E-state index is 12.4. The lowest BCUT2D eigenvalue weighted by molar-refractivity contribution is -0.120. The first kappa shape index (κ1) is 15.9. The van der Waals surface area contributed by atoms with Crippen LogP contribution in [0.1, 0.15) is 26.3 Å². The first-order valence-corrected chi connectivity index (χ1v) is 8.15. The number of benzene rings is 1. The summed E-state index contributed by atoms with van der Waals surface area (Å²) in [5.41, 5.74) is 1.08. The Labute approximate surface area is 130 Å². The molecule has 1 N–H and O–H groups in total. The van der Waals surface area contributed by atoms with Gasteiger partial charge in [-0.1, -0.05) is 26.0 Å². The van der Waals surface area contributed by atoms with Gasteiger partial charge in [-0.15, -0.1) is 0 Å². The highest BCUT2D eigenvalue weighted by molar-refractivity contribution is 8.00. The minimum atomic E-state index is -0.192. The molecule has 1 aromatic carbocycles. The molecule has 0 aromatic heterocycles. The average molecular weight is 303 g/mol. The molecule has 2 rings (SSSR count). The van der Waals surface area contributed by atoms with Gasteiger partial charge in [0.15, 0.2) is 0 Å². The van der Waals surface area contributed by atoms with Crippen LogP contribution in [0.4, 0.5) is 5.69 Å². The fourth-order valence-corrected chi connectivity index (χ4v) is 3.97. The topological polar surface area (TPSA) is 56.1 Å². The Morgan fingerprint density at radius 3 is 2.62 bits per heavy atom. The molecule has 1 aliphatic heterocycles. The number of carbonyl (C=O) groups is 1. The van der Waals surface area contributed by atoms with Crippen molar-refractivity contribution in [3.63, 3.8) is 0 Å². The molecule has 1 amide bonds. The first-order valence-electron chi connectivity index (χ1n) is 7.20. The summed E-state index contributed by atoms with van der Waals surface area (Å²) < 4.78 is 0. The van der Waals surface area contributed by atoms with E-state index in [1.165, 1.54) is 0 Å². The van der Waals surface area contributed by atoms with E-state index in [9.17, 15) is 4.79 Å². The van der Waals surface area contributed by atoms with Crippen molar-refractivity contribution in [2.24, 2.45) is 0 Å². The van der Waals surface area contributed by atoms with E-state index in [0.29, 0.717) is 21.8 Å². The summed E-state index contributed by atoms with van der Waals surface area (Å²) in [7, 11) is 0. The van der Waals surface area contributed by atoms with Crippen LogP contribution in [0.25, 0.3) is 0 Å². The van der Waals surface area contributed by atoms with Crippen molar-refractivity contribution >= 4 is 23.4 Å². The molecule has 3 unspecified atom stereocenters. The van der Waals surface area contributed by atoms with Crippen molar-refractivity contribution in [1.29, 1.82) is 5.26 Å². The Bertz CT molecular complexity index is 545. The van der Waals surface area contributed by atoms with Gasteiger partial charge in [-0.05, 0) is 19.1 Å². The number of para-hydroxylation sites is 1. The lowest BCUT2D eigenvalue weighted by Gasteiger charge is -2.37. The highest BCUT2D eigenvalue weighted by Gasteiger charge is 2.29. The molecule has 112 valence electrons. The molecule has 1 fully saturated rings. The third-order valence-corrected chi connectivity index (χ3v) is 4.91. The number of carbonyl (C=O) groups excluding carboxylic acids is 1. The van der Waals surface area contributed by atoms with Gasteiger partial charge in [0.2, 0.25) is 5.91 Å². The fraction of sp³-hybridized carbons (Fsp3) is 0.500. The van der Waals surface area contributed by atoms with Gasteiger partial charge in [-0.25, -0.2) is 0 Å². The summed E-state index contributed by atoms with van der Waals surface area (Å²) >= 11 is 1.97. The number of rotatable bonds is 3. The van der Waals surface area contributed by atoms with Gasteiger partial charge < -0.3 is 5.32 Å². The standard InChI is InChI=1S/C16H21N3OS/c1-11-9-19(10-12(2)21-11)13(3)16(20)18-15-7-5-4-6-14(15)8-17/h4-7,11-13H,9-10H2,1-3H3,(H,18,20). The second-order valence-electron chi connectivity index (χ2n) is 5.53. The SMILES string of the molecule is CC1CN(C(C)C(=O)Nc2ccccc2C#N)CC(C)S1. The van der Waals surface area contributed by atoms with Crippen LogP contribution in [-0.2, 0) is 4.79 Å². The number of thioether (sulfide) groups is 1. The van der Waals surface area contributed by atoms with Gasteiger partial charge in [0.1, 0.15) is 6.07 Å². The predicted molar refractivity (Wildman–Crippen MR) is 87.3 cm³/mol. The van der Waals surface area contributed by atoms with E-state index >= 15 is 0 Å². The molecule has 1 saturated heterocycles. The van der Waals surface area contributed by atoms with E-state index in [2.05, 4.69) is 30.1 Å². The predicted octanol–water partition coefficient (Wildman–Crippen LogP) is 2.71.